The number of fused-ring (bicyclic) bond motifs is 1. The number of nitrogens with zero attached hydrogens (tertiary/aromatic N) is 2. The van der Waals surface area contributed by atoms with E-state index in [2.05, 4.69) is 22.4 Å². The number of aromatic nitrogens is 1. The van der Waals surface area contributed by atoms with Crippen LogP contribution in [0, 0.1) is 0 Å². The van der Waals surface area contributed by atoms with Crippen LogP contribution in [0.3, 0.4) is 0 Å². The van der Waals surface area contributed by atoms with Gasteiger partial charge in [0.2, 0.25) is 0 Å². The maximum Gasteiger partial charge on any atom is 0.174 e. The molecular weight excluding hydrogens is 282 g/mol. The van der Waals surface area contributed by atoms with Crippen molar-refractivity contribution in [3.05, 3.63) is 59.9 Å². The van der Waals surface area contributed by atoms with Gasteiger partial charge in [-0.15, -0.1) is 0 Å². The summed E-state index contributed by atoms with van der Waals surface area (Å²) in [5.74, 6) is 0. The molecule has 1 aromatic heterocycles. The van der Waals surface area contributed by atoms with Crippen LogP contribution < -0.4 is 5.32 Å². The molecule has 0 saturated carbocycles. The lowest BCUT2D eigenvalue weighted by atomic mass is 9.95. The molecule has 2 heterocycles. The zero-order valence-corrected chi connectivity index (χ0v) is 12.4. The molecule has 1 atom stereocenters. The van der Waals surface area contributed by atoms with Crippen molar-refractivity contribution >= 4 is 23.0 Å². The van der Waals surface area contributed by atoms with Gasteiger partial charge in [0.1, 0.15) is 0 Å². The quantitative estimate of drug-likeness (QED) is 0.833. The van der Waals surface area contributed by atoms with Crippen molar-refractivity contribution < 1.29 is 5.11 Å². The van der Waals surface area contributed by atoms with Crippen LogP contribution in [-0.4, -0.2) is 32.8 Å². The number of pyridine rings is 1. The molecule has 5 heteroatoms. The largest absolute Gasteiger partial charge is 0.394 e. The number of aliphatic hydroxyl groups is 1. The number of thiocarbonyl (C=S) groups is 1. The lowest BCUT2D eigenvalue weighted by molar-refractivity contribution is 0.168. The van der Waals surface area contributed by atoms with E-state index in [1.54, 1.807) is 12.4 Å². The van der Waals surface area contributed by atoms with Gasteiger partial charge in [-0.05, 0) is 41.9 Å². The monoisotopic (exact) mass is 299 g/mol. The van der Waals surface area contributed by atoms with Gasteiger partial charge in [-0.1, -0.05) is 24.3 Å². The third-order valence-corrected chi connectivity index (χ3v) is 4.08. The molecule has 0 radical (unpaired) electrons. The van der Waals surface area contributed by atoms with Crippen LogP contribution in [0.2, 0.25) is 0 Å². The van der Waals surface area contributed by atoms with E-state index in [9.17, 15) is 5.11 Å². The van der Waals surface area contributed by atoms with Gasteiger partial charge in [0.05, 0.1) is 24.5 Å². The molecule has 1 aromatic carbocycles. The van der Waals surface area contributed by atoms with Crippen LogP contribution in [0.4, 0.5) is 5.69 Å². The first-order chi connectivity index (χ1) is 10.3. The van der Waals surface area contributed by atoms with Crippen molar-refractivity contribution in [3.63, 3.8) is 0 Å². The van der Waals surface area contributed by atoms with Crippen LogP contribution in [0.5, 0.6) is 0 Å². The number of aliphatic hydroxyl groups excluding tert-OH is 1. The zero-order chi connectivity index (χ0) is 14.7. The van der Waals surface area contributed by atoms with Gasteiger partial charge in [0, 0.05) is 12.7 Å². The molecule has 0 amide bonds. The summed E-state index contributed by atoms with van der Waals surface area (Å²) >= 11 is 5.50. The number of hydrogen-bond acceptors (Lipinski definition) is 3. The SMILES string of the molecule is OC[C@H]1Cc2ccccc2CN1C(=S)Nc1cccnc1. The van der Waals surface area contributed by atoms with Gasteiger partial charge in [-0.2, -0.15) is 0 Å². The average molecular weight is 299 g/mol. The summed E-state index contributed by atoms with van der Waals surface area (Å²) < 4.78 is 0. The van der Waals surface area contributed by atoms with E-state index in [1.165, 1.54) is 11.1 Å². The average Bonchev–Trinajstić information content (AvgIpc) is 2.54. The van der Waals surface area contributed by atoms with Crippen LogP contribution in [0.25, 0.3) is 0 Å². The van der Waals surface area contributed by atoms with Crippen molar-refractivity contribution in [2.75, 3.05) is 11.9 Å². The Morgan fingerprint density at radius 2 is 2.10 bits per heavy atom. The molecule has 108 valence electrons. The standard InChI is InChI=1S/C16H17N3OS/c20-11-15-8-12-4-1-2-5-13(12)10-19(15)16(21)18-14-6-3-7-17-9-14/h1-7,9,15,20H,8,10-11H2,(H,18,21)/t15-/m1/s1. The highest BCUT2D eigenvalue weighted by Crippen LogP contribution is 2.24. The van der Waals surface area contributed by atoms with E-state index in [-0.39, 0.29) is 12.6 Å². The molecule has 21 heavy (non-hydrogen) atoms. The normalized spacial score (nSPS) is 17.2. The Bertz CT molecular complexity index is 632. The minimum absolute atomic E-state index is 0.0107. The lowest BCUT2D eigenvalue weighted by Gasteiger charge is -2.37. The summed E-state index contributed by atoms with van der Waals surface area (Å²) in [7, 11) is 0. The fourth-order valence-electron chi connectivity index (χ4n) is 2.62. The Morgan fingerprint density at radius 3 is 2.81 bits per heavy atom. The second-order valence-electron chi connectivity index (χ2n) is 5.11. The molecule has 0 unspecified atom stereocenters. The summed E-state index contributed by atoms with van der Waals surface area (Å²) in [6, 6.07) is 12.1. The number of rotatable bonds is 2. The fourth-order valence-corrected chi connectivity index (χ4v) is 2.95. The first-order valence-electron chi connectivity index (χ1n) is 6.93. The second-order valence-corrected chi connectivity index (χ2v) is 5.50. The maximum atomic E-state index is 9.66. The molecule has 0 spiro atoms. The predicted molar refractivity (Wildman–Crippen MR) is 87.0 cm³/mol. The predicted octanol–water partition coefficient (Wildman–Crippen LogP) is 2.20. The van der Waals surface area contributed by atoms with E-state index in [0.717, 1.165) is 12.1 Å². The maximum absolute atomic E-state index is 9.66. The van der Waals surface area contributed by atoms with E-state index >= 15 is 0 Å². The Balaban J connectivity index is 1.79. The summed E-state index contributed by atoms with van der Waals surface area (Å²) in [6.07, 6.45) is 4.27. The highest BCUT2D eigenvalue weighted by molar-refractivity contribution is 7.80. The lowest BCUT2D eigenvalue weighted by Crippen LogP contribution is -2.48. The van der Waals surface area contributed by atoms with Crippen LogP contribution in [0.15, 0.2) is 48.8 Å². The Hall–Kier alpha value is -1.98. The number of nitrogens with one attached hydrogen (secondary N) is 1. The molecule has 1 aliphatic heterocycles. The molecule has 1 aliphatic rings. The Labute approximate surface area is 129 Å². The van der Waals surface area contributed by atoms with Gasteiger partial charge in [0.15, 0.2) is 5.11 Å². The molecule has 0 aliphatic carbocycles. The fraction of sp³-hybridized carbons (Fsp3) is 0.250. The summed E-state index contributed by atoms with van der Waals surface area (Å²) in [6.45, 7) is 0.802. The van der Waals surface area contributed by atoms with Crippen molar-refractivity contribution in [2.24, 2.45) is 0 Å². The van der Waals surface area contributed by atoms with Gasteiger partial charge < -0.3 is 15.3 Å². The van der Waals surface area contributed by atoms with Crippen molar-refractivity contribution in [1.29, 1.82) is 0 Å². The van der Waals surface area contributed by atoms with E-state index in [0.29, 0.717) is 11.7 Å². The van der Waals surface area contributed by atoms with E-state index < -0.39 is 0 Å². The molecule has 2 N–H and O–H groups in total. The first-order valence-corrected chi connectivity index (χ1v) is 7.34. The summed E-state index contributed by atoms with van der Waals surface area (Å²) in [4.78, 5) is 6.11. The Kier molecular flexibility index (Phi) is 4.13. The van der Waals surface area contributed by atoms with Crippen LogP contribution in [-0.2, 0) is 13.0 Å². The third-order valence-electron chi connectivity index (χ3n) is 3.74. The van der Waals surface area contributed by atoms with E-state index in [1.807, 2.05) is 29.2 Å². The highest BCUT2D eigenvalue weighted by Gasteiger charge is 2.27. The summed E-state index contributed by atoms with van der Waals surface area (Å²) in [5, 5.41) is 13.5. The molecule has 0 fully saturated rings. The van der Waals surface area contributed by atoms with E-state index in [4.69, 9.17) is 12.2 Å². The molecule has 0 bridgehead atoms. The third kappa shape index (κ3) is 3.04. The smallest absolute Gasteiger partial charge is 0.174 e. The first kappa shape index (κ1) is 14.0. The van der Waals surface area contributed by atoms with Crippen LogP contribution in [0.1, 0.15) is 11.1 Å². The van der Waals surface area contributed by atoms with Crippen molar-refractivity contribution in [3.8, 4) is 0 Å². The van der Waals surface area contributed by atoms with Gasteiger partial charge in [-0.25, -0.2) is 0 Å². The molecule has 2 aromatic rings. The van der Waals surface area contributed by atoms with Gasteiger partial charge >= 0.3 is 0 Å². The van der Waals surface area contributed by atoms with Crippen molar-refractivity contribution in [1.82, 2.24) is 9.88 Å². The topological polar surface area (TPSA) is 48.4 Å². The molecule has 0 saturated heterocycles. The zero-order valence-electron chi connectivity index (χ0n) is 11.6. The number of anilines is 1. The minimum atomic E-state index is 0.0107. The van der Waals surface area contributed by atoms with Gasteiger partial charge in [0.25, 0.3) is 0 Å². The molecular formula is C16H17N3OS. The minimum Gasteiger partial charge on any atom is -0.394 e. The highest BCUT2D eigenvalue weighted by atomic mass is 32.1. The van der Waals surface area contributed by atoms with Crippen LogP contribution >= 0.6 is 12.2 Å². The van der Waals surface area contributed by atoms with Crippen molar-refractivity contribution in [2.45, 2.75) is 19.0 Å². The number of hydrogen-bond donors (Lipinski definition) is 2. The molecule has 3 rings (SSSR count). The summed E-state index contributed by atoms with van der Waals surface area (Å²) in [5.41, 5.74) is 3.41. The Morgan fingerprint density at radius 1 is 1.29 bits per heavy atom. The molecule has 4 nitrogen and oxygen atoms in total. The van der Waals surface area contributed by atoms with Gasteiger partial charge in [-0.3, -0.25) is 4.98 Å². The number of benzene rings is 1. The second kappa shape index (κ2) is 6.20.